The van der Waals surface area contributed by atoms with Crippen molar-refractivity contribution in [3.8, 4) is 0 Å². The molecule has 1 aromatic heterocycles. The summed E-state index contributed by atoms with van der Waals surface area (Å²) in [5.41, 5.74) is 0.424. The zero-order chi connectivity index (χ0) is 14.0. The van der Waals surface area contributed by atoms with Gasteiger partial charge < -0.3 is 5.32 Å². The first-order valence-corrected chi connectivity index (χ1v) is 6.96. The summed E-state index contributed by atoms with van der Waals surface area (Å²) in [5, 5.41) is 7.37. The topological polar surface area (TPSA) is 46.9 Å². The Morgan fingerprint density at radius 2 is 2.16 bits per heavy atom. The highest BCUT2D eigenvalue weighted by Gasteiger charge is 2.15. The highest BCUT2D eigenvalue weighted by Crippen LogP contribution is 2.26. The second-order valence-corrected chi connectivity index (χ2v) is 5.54. The van der Waals surface area contributed by atoms with Crippen molar-refractivity contribution in [2.45, 2.75) is 19.9 Å². The van der Waals surface area contributed by atoms with Gasteiger partial charge in [0.15, 0.2) is 0 Å². The van der Waals surface area contributed by atoms with E-state index in [1.807, 2.05) is 13.8 Å². The molecule has 19 heavy (non-hydrogen) atoms. The Balaban J connectivity index is 2.26. The number of hydrogen-bond donors (Lipinski definition) is 1. The van der Waals surface area contributed by atoms with Crippen LogP contribution < -0.4 is 5.32 Å². The zero-order valence-electron chi connectivity index (χ0n) is 10.5. The predicted molar refractivity (Wildman–Crippen MR) is 79.7 cm³/mol. The molecule has 0 aliphatic carbocycles. The molecule has 2 aromatic rings. The van der Waals surface area contributed by atoms with Crippen LogP contribution in [0.5, 0.6) is 0 Å². The number of anilines is 1. The lowest BCUT2D eigenvalue weighted by atomic mass is 10.2. The largest absolute Gasteiger partial charge is 0.307 e. The molecule has 1 heterocycles. The first kappa shape index (κ1) is 14.1. The van der Waals surface area contributed by atoms with Gasteiger partial charge in [-0.3, -0.25) is 4.79 Å². The standard InChI is InChI=1S/C13H13BrClN3O/c1-8(2)18-11(6-7-16-18)17-13(19)9-4-3-5-10(14)12(9)15/h3-8H,1-2H3,(H,17,19). The van der Waals surface area contributed by atoms with Crippen molar-refractivity contribution in [3.63, 3.8) is 0 Å². The fourth-order valence-corrected chi connectivity index (χ4v) is 2.27. The van der Waals surface area contributed by atoms with Gasteiger partial charge in [-0.15, -0.1) is 0 Å². The Labute approximate surface area is 124 Å². The van der Waals surface area contributed by atoms with E-state index in [0.29, 0.717) is 20.9 Å². The van der Waals surface area contributed by atoms with Crippen LogP contribution in [0.2, 0.25) is 5.02 Å². The summed E-state index contributed by atoms with van der Waals surface area (Å²) < 4.78 is 2.43. The van der Waals surface area contributed by atoms with E-state index in [-0.39, 0.29) is 11.9 Å². The molecule has 0 bridgehead atoms. The molecule has 0 fully saturated rings. The van der Waals surface area contributed by atoms with E-state index >= 15 is 0 Å². The number of carbonyl (C=O) groups is 1. The van der Waals surface area contributed by atoms with Gasteiger partial charge in [-0.2, -0.15) is 5.10 Å². The van der Waals surface area contributed by atoms with E-state index in [2.05, 4.69) is 26.3 Å². The van der Waals surface area contributed by atoms with Crippen LogP contribution in [0.1, 0.15) is 30.2 Å². The maximum absolute atomic E-state index is 12.2. The lowest BCUT2D eigenvalue weighted by Gasteiger charge is -2.12. The summed E-state index contributed by atoms with van der Waals surface area (Å²) in [4.78, 5) is 12.2. The van der Waals surface area contributed by atoms with Gasteiger partial charge in [0.05, 0.1) is 16.8 Å². The molecule has 4 nitrogen and oxygen atoms in total. The Bertz CT molecular complexity index is 610. The van der Waals surface area contributed by atoms with E-state index < -0.39 is 0 Å². The summed E-state index contributed by atoms with van der Waals surface area (Å²) in [5.74, 6) is 0.393. The molecule has 1 aromatic carbocycles. The molecule has 0 aliphatic rings. The molecule has 0 saturated heterocycles. The van der Waals surface area contributed by atoms with Crippen molar-refractivity contribution in [3.05, 3.63) is 45.5 Å². The number of benzene rings is 1. The van der Waals surface area contributed by atoms with Crippen molar-refractivity contribution in [2.75, 3.05) is 5.32 Å². The van der Waals surface area contributed by atoms with Crippen LogP contribution in [-0.4, -0.2) is 15.7 Å². The summed E-state index contributed by atoms with van der Waals surface area (Å²) in [6.45, 7) is 3.99. The van der Waals surface area contributed by atoms with Gasteiger partial charge in [-0.1, -0.05) is 17.7 Å². The van der Waals surface area contributed by atoms with E-state index in [4.69, 9.17) is 11.6 Å². The maximum atomic E-state index is 12.2. The Kier molecular flexibility index (Phi) is 4.27. The Hall–Kier alpha value is -1.33. The fourth-order valence-electron chi connectivity index (χ4n) is 1.69. The van der Waals surface area contributed by atoms with Gasteiger partial charge in [0.25, 0.3) is 5.91 Å². The minimum Gasteiger partial charge on any atom is -0.307 e. The van der Waals surface area contributed by atoms with Crippen molar-refractivity contribution in [1.29, 1.82) is 0 Å². The fraction of sp³-hybridized carbons (Fsp3) is 0.231. The van der Waals surface area contributed by atoms with Crippen LogP contribution in [0, 0.1) is 0 Å². The average molecular weight is 343 g/mol. The van der Waals surface area contributed by atoms with Crippen LogP contribution in [0.25, 0.3) is 0 Å². The van der Waals surface area contributed by atoms with Crippen LogP contribution >= 0.6 is 27.5 Å². The molecular weight excluding hydrogens is 330 g/mol. The van der Waals surface area contributed by atoms with E-state index in [9.17, 15) is 4.79 Å². The molecule has 0 spiro atoms. The van der Waals surface area contributed by atoms with Gasteiger partial charge in [0.1, 0.15) is 5.82 Å². The smallest absolute Gasteiger partial charge is 0.258 e. The minimum absolute atomic E-state index is 0.170. The number of amides is 1. The van der Waals surface area contributed by atoms with Gasteiger partial charge in [0.2, 0.25) is 0 Å². The average Bonchev–Trinajstić information content (AvgIpc) is 2.80. The Morgan fingerprint density at radius 1 is 1.42 bits per heavy atom. The van der Waals surface area contributed by atoms with Crippen molar-refractivity contribution >= 4 is 39.3 Å². The highest BCUT2D eigenvalue weighted by molar-refractivity contribution is 9.10. The summed E-state index contributed by atoms with van der Waals surface area (Å²) in [6, 6.07) is 7.16. The van der Waals surface area contributed by atoms with Crippen LogP contribution in [0.3, 0.4) is 0 Å². The lowest BCUT2D eigenvalue weighted by molar-refractivity contribution is 0.102. The molecule has 0 radical (unpaired) electrons. The molecule has 0 atom stereocenters. The van der Waals surface area contributed by atoms with E-state index in [1.54, 1.807) is 35.1 Å². The van der Waals surface area contributed by atoms with Crippen LogP contribution in [-0.2, 0) is 0 Å². The number of nitrogens with zero attached hydrogens (tertiary/aromatic N) is 2. The second kappa shape index (κ2) is 5.75. The third-order valence-electron chi connectivity index (χ3n) is 2.60. The third-order valence-corrected chi connectivity index (χ3v) is 3.89. The zero-order valence-corrected chi connectivity index (χ0v) is 12.9. The van der Waals surface area contributed by atoms with E-state index in [1.165, 1.54) is 0 Å². The molecule has 0 aliphatic heterocycles. The molecular formula is C13H13BrClN3O. The van der Waals surface area contributed by atoms with Crippen molar-refractivity contribution in [2.24, 2.45) is 0 Å². The highest BCUT2D eigenvalue weighted by atomic mass is 79.9. The molecule has 0 unspecified atom stereocenters. The maximum Gasteiger partial charge on any atom is 0.258 e. The number of rotatable bonds is 3. The lowest BCUT2D eigenvalue weighted by Crippen LogP contribution is -2.17. The van der Waals surface area contributed by atoms with Gasteiger partial charge in [-0.05, 0) is 41.9 Å². The second-order valence-electron chi connectivity index (χ2n) is 4.31. The third kappa shape index (κ3) is 2.98. The number of nitrogens with one attached hydrogen (secondary N) is 1. The van der Waals surface area contributed by atoms with Gasteiger partial charge in [0, 0.05) is 16.6 Å². The number of halogens is 2. The summed E-state index contributed by atoms with van der Waals surface area (Å²) in [6.07, 6.45) is 1.65. The molecule has 6 heteroatoms. The normalized spacial score (nSPS) is 10.8. The number of aromatic nitrogens is 2. The molecule has 0 saturated carbocycles. The SMILES string of the molecule is CC(C)n1nccc1NC(=O)c1cccc(Br)c1Cl. The first-order chi connectivity index (χ1) is 9.00. The molecule has 100 valence electrons. The van der Waals surface area contributed by atoms with Gasteiger partial charge in [-0.25, -0.2) is 4.68 Å². The Morgan fingerprint density at radius 3 is 2.84 bits per heavy atom. The molecule has 2 rings (SSSR count). The summed E-state index contributed by atoms with van der Waals surface area (Å²) in [7, 11) is 0. The van der Waals surface area contributed by atoms with E-state index in [0.717, 1.165) is 0 Å². The van der Waals surface area contributed by atoms with Crippen LogP contribution in [0.4, 0.5) is 5.82 Å². The summed E-state index contributed by atoms with van der Waals surface area (Å²) >= 11 is 9.40. The predicted octanol–water partition coefficient (Wildman–Crippen LogP) is 4.13. The quantitative estimate of drug-likeness (QED) is 0.911. The number of hydrogen-bond acceptors (Lipinski definition) is 2. The van der Waals surface area contributed by atoms with Crippen LogP contribution in [0.15, 0.2) is 34.9 Å². The minimum atomic E-state index is -0.256. The van der Waals surface area contributed by atoms with Crippen molar-refractivity contribution < 1.29 is 4.79 Å². The molecule has 1 N–H and O–H groups in total. The van der Waals surface area contributed by atoms with Gasteiger partial charge >= 0.3 is 0 Å². The monoisotopic (exact) mass is 341 g/mol. The number of carbonyl (C=O) groups excluding carboxylic acids is 1. The molecule has 1 amide bonds. The first-order valence-electron chi connectivity index (χ1n) is 5.79. The van der Waals surface area contributed by atoms with Crippen molar-refractivity contribution in [1.82, 2.24) is 9.78 Å².